The predicted octanol–water partition coefficient (Wildman–Crippen LogP) is 0.543. The van der Waals surface area contributed by atoms with Gasteiger partial charge in [-0.05, 0) is 19.8 Å². The lowest BCUT2D eigenvalue weighted by Gasteiger charge is -2.19. The van der Waals surface area contributed by atoms with E-state index in [0.717, 1.165) is 12.8 Å². The number of oxime groups is 1. The maximum atomic E-state index is 11.4. The fraction of sp³-hybridized carbons (Fsp3) is 0.692. The van der Waals surface area contributed by atoms with Crippen molar-refractivity contribution in [3.05, 3.63) is 0 Å². The first-order chi connectivity index (χ1) is 9.60. The van der Waals surface area contributed by atoms with Crippen molar-refractivity contribution < 1.29 is 23.7 Å². The first kappa shape index (κ1) is 16.1. The highest BCUT2D eigenvalue weighted by atomic mass is 16.6. The molecule has 1 aliphatic rings. The van der Waals surface area contributed by atoms with E-state index in [2.05, 4.69) is 5.16 Å². The molecule has 0 radical (unpaired) electrons. The topological polar surface area (TPSA) is 83.9 Å². The first-order valence-corrected chi connectivity index (χ1v) is 6.54. The summed E-state index contributed by atoms with van der Waals surface area (Å²) in [5.41, 5.74) is -0.391. The molecule has 1 aliphatic heterocycles. The number of carbonyl (C=O) groups excluding carboxylic acids is 1. The fourth-order valence-corrected chi connectivity index (χ4v) is 1.86. The molecule has 0 spiro atoms. The number of carbonyl (C=O) groups is 1. The third kappa shape index (κ3) is 4.63. The van der Waals surface area contributed by atoms with Crippen LogP contribution in [0.25, 0.3) is 0 Å². The number of esters is 1. The zero-order valence-corrected chi connectivity index (χ0v) is 12.1. The molecule has 0 atom stereocenters. The summed E-state index contributed by atoms with van der Waals surface area (Å²) < 4.78 is 11.8. The molecule has 0 aliphatic carbocycles. The smallest absolute Gasteiger partial charge is 0.371 e. The van der Waals surface area contributed by atoms with E-state index in [0.29, 0.717) is 19.1 Å². The van der Waals surface area contributed by atoms with Crippen LogP contribution in [0.4, 0.5) is 0 Å². The van der Waals surface area contributed by atoms with Gasteiger partial charge in [0, 0.05) is 13.2 Å². The normalized spacial score (nSPS) is 16.2. The van der Waals surface area contributed by atoms with Crippen molar-refractivity contribution >= 4 is 17.6 Å². The Kier molecular flexibility index (Phi) is 6.67. The van der Waals surface area contributed by atoms with Gasteiger partial charge in [0.25, 0.3) is 5.71 Å². The number of rotatable bonds is 4. The fourth-order valence-electron chi connectivity index (χ4n) is 1.86. The predicted molar refractivity (Wildman–Crippen MR) is 71.4 cm³/mol. The van der Waals surface area contributed by atoms with Crippen LogP contribution in [0.15, 0.2) is 5.16 Å². The summed E-state index contributed by atoms with van der Waals surface area (Å²) in [6, 6.07) is 1.68. The highest BCUT2D eigenvalue weighted by molar-refractivity contribution is 6.42. The zero-order valence-electron chi connectivity index (χ0n) is 12.1. The van der Waals surface area contributed by atoms with Crippen LogP contribution >= 0.6 is 0 Å². The molecule has 0 aromatic carbocycles. The van der Waals surface area contributed by atoms with Gasteiger partial charge in [0.05, 0.1) is 12.5 Å². The van der Waals surface area contributed by atoms with Gasteiger partial charge < -0.3 is 9.47 Å². The summed E-state index contributed by atoms with van der Waals surface area (Å²) in [4.78, 5) is 16.7. The summed E-state index contributed by atoms with van der Waals surface area (Å²) in [5, 5.41) is 12.5. The van der Waals surface area contributed by atoms with E-state index in [1.807, 2.05) is 14.1 Å². The van der Waals surface area contributed by atoms with Crippen molar-refractivity contribution in [1.82, 2.24) is 0 Å². The highest BCUT2D eigenvalue weighted by Crippen LogP contribution is 2.17. The monoisotopic (exact) mass is 282 g/mol. The van der Waals surface area contributed by atoms with Crippen LogP contribution in [0.1, 0.15) is 19.8 Å². The Morgan fingerprint density at radius 1 is 1.45 bits per heavy atom. The highest BCUT2D eigenvalue weighted by Gasteiger charge is 2.28. The van der Waals surface area contributed by atoms with Crippen LogP contribution in [0, 0.1) is 17.2 Å². The summed E-state index contributed by atoms with van der Waals surface area (Å²) in [6.45, 7) is 3.17. The van der Waals surface area contributed by atoms with Gasteiger partial charge in [-0.15, -0.1) is 0 Å². The lowest BCUT2D eigenvalue weighted by atomic mass is 10.0. The van der Waals surface area contributed by atoms with E-state index in [9.17, 15) is 4.79 Å². The number of hydrogen-bond acceptors (Lipinski definition) is 6. The minimum Gasteiger partial charge on any atom is -0.461 e. The number of nitrogens with zero attached hydrogens (tertiary/aromatic N) is 3. The minimum absolute atomic E-state index is 0.171. The molecule has 20 heavy (non-hydrogen) atoms. The van der Waals surface area contributed by atoms with Gasteiger partial charge in [0.1, 0.15) is 20.2 Å². The van der Waals surface area contributed by atoms with E-state index >= 15 is 0 Å². The van der Waals surface area contributed by atoms with E-state index in [1.165, 1.54) is 0 Å². The Morgan fingerprint density at radius 2 is 2.10 bits per heavy atom. The summed E-state index contributed by atoms with van der Waals surface area (Å²) in [6.07, 6.45) is 1.65. The molecular weight excluding hydrogens is 262 g/mol. The molecule has 0 aromatic rings. The van der Waals surface area contributed by atoms with Crippen molar-refractivity contribution in [2.24, 2.45) is 11.1 Å². The van der Waals surface area contributed by atoms with Gasteiger partial charge in [0.15, 0.2) is 0 Å². The van der Waals surface area contributed by atoms with Crippen molar-refractivity contribution in [1.29, 1.82) is 5.26 Å². The quantitative estimate of drug-likeness (QED) is 0.247. The molecule has 7 heteroatoms. The van der Waals surface area contributed by atoms with E-state index in [-0.39, 0.29) is 12.5 Å². The molecule has 0 aromatic heterocycles. The van der Waals surface area contributed by atoms with E-state index in [1.54, 1.807) is 17.6 Å². The van der Waals surface area contributed by atoms with Gasteiger partial charge >= 0.3 is 11.9 Å². The van der Waals surface area contributed by atoms with Crippen LogP contribution in [0.2, 0.25) is 0 Å². The van der Waals surface area contributed by atoms with E-state index in [4.69, 9.17) is 19.6 Å². The Balaban J connectivity index is 2.78. The number of nitriles is 1. The molecule has 1 saturated heterocycles. The average molecular weight is 282 g/mol. The van der Waals surface area contributed by atoms with Crippen LogP contribution in [-0.2, 0) is 19.1 Å². The van der Waals surface area contributed by atoms with Crippen molar-refractivity contribution in [2.75, 3.05) is 33.9 Å². The van der Waals surface area contributed by atoms with Gasteiger partial charge in [0.2, 0.25) is 0 Å². The standard InChI is InChI=1S/C13H20N3O4/c1-4-19-13(17)11(9-14)15-20-12(16(2)3)10-5-7-18-8-6-10/h10H,4-8H2,1-3H3/q+1/b15-11+. The molecule has 110 valence electrons. The molecule has 0 N–H and O–H groups in total. The third-order valence-corrected chi connectivity index (χ3v) is 2.82. The summed E-state index contributed by atoms with van der Waals surface area (Å²) in [5.74, 6) is 0.00932. The maximum absolute atomic E-state index is 11.4. The van der Waals surface area contributed by atoms with Crippen LogP contribution in [0.5, 0.6) is 0 Å². The first-order valence-electron chi connectivity index (χ1n) is 6.54. The maximum Gasteiger partial charge on any atom is 0.371 e. The van der Waals surface area contributed by atoms with Crippen LogP contribution in [-0.4, -0.2) is 56.1 Å². The zero-order chi connectivity index (χ0) is 15.0. The Morgan fingerprint density at radius 3 is 2.60 bits per heavy atom. The molecule has 0 amide bonds. The second-order valence-corrected chi connectivity index (χ2v) is 4.48. The molecule has 7 nitrogen and oxygen atoms in total. The lowest BCUT2D eigenvalue weighted by Crippen LogP contribution is -2.30. The van der Waals surface area contributed by atoms with Crippen molar-refractivity contribution in [2.45, 2.75) is 19.8 Å². The SMILES string of the molecule is CCOC(=O)/C(C#N)=N/OC(C1CCOCC1)=[N+](C)C. The second-order valence-electron chi connectivity index (χ2n) is 4.48. The Hall–Kier alpha value is -1.94. The molecule has 0 bridgehead atoms. The molecular formula is C13H20N3O4+. The van der Waals surface area contributed by atoms with Gasteiger partial charge in [-0.2, -0.15) is 5.26 Å². The van der Waals surface area contributed by atoms with Crippen LogP contribution in [0.3, 0.4) is 0 Å². The van der Waals surface area contributed by atoms with Gasteiger partial charge in [-0.25, -0.2) is 9.37 Å². The third-order valence-electron chi connectivity index (χ3n) is 2.82. The molecule has 0 unspecified atom stereocenters. The molecule has 0 saturated carbocycles. The second kappa shape index (κ2) is 8.27. The van der Waals surface area contributed by atoms with Gasteiger partial charge in [-0.3, -0.25) is 4.84 Å². The summed E-state index contributed by atoms with van der Waals surface area (Å²) in [7, 11) is 3.66. The molecule has 1 heterocycles. The Bertz CT molecular complexity index is 441. The molecule has 1 rings (SSSR count). The minimum atomic E-state index is -0.778. The van der Waals surface area contributed by atoms with Crippen molar-refractivity contribution in [3.63, 3.8) is 0 Å². The average Bonchev–Trinajstić information content (AvgIpc) is 2.44. The largest absolute Gasteiger partial charge is 0.461 e. The number of ether oxygens (including phenoxy) is 2. The van der Waals surface area contributed by atoms with Crippen LogP contribution < -0.4 is 0 Å². The van der Waals surface area contributed by atoms with Crippen molar-refractivity contribution in [3.8, 4) is 6.07 Å². The Labute approximate surface area is 118 Å². The molecule has 1 fully saturated rings. The summed E-state index contributed by atoms with van der Waals surface area (Å²) >= 11 is 0. The van der Waals surface area contributed by atoms with E-state index < -0.39 is 11.7 Å². The number of hydrogen-bond donors (Lipinski definition) is 0. The lowest BCUT2D eigenvalue weighted by molar-refractivity contribution is -0.478. The van der Waals surface area contributed by atoms with Gasteiger partial charge in [-0.1, -0.05) is 5.16 Å².